The molecule has 2 unspecified atom stereocenters. The van der Waals surface area contributed by atoms with E-state index in [4.69, 9.17) is 22.6 Å². The van der Waals surface area contributed by atoms with Crippen molar-refractivity contribution in [3.8, 4) is 11.8 Å². The average molecular weight is 293 g/mol. The van der Waals surface area contributed by atoms with Gasteiger partial charge in [0, 0.05) is 0 Å². The molecule has 0 aliphatic heterocycles. The van der Waals surface area contributed by atoms with Gasteiger partial charge in [0.05, 0.1) is 23.9 Å². The van der Waals surface area contributed by atoms with Crippen LogP contribution in [0.15, 0.2) is 30.5 Å². The van der Waals surface area contributed by atoms with Crippen molar-refractivity contribution in [3.05, 3.63) is 41.6 Å². The monoisotopic (exact) mass is 292 g/mol. The maximum absolute atomic E-state index is 9.82. The number of rotatable bonds is 4. The molecule has 104 valence electrons. The van der Waals surface area contributed by atoms with Crippen LogP contribution >= 0.6 is 11.6 Å². The Hall–Kier alpha value is -2.07. The van der Waals surface area contributed by atoms with Crippen LogP contribution in [-0.4, -0.2) is 32.0 Å². The van der Waals surface area contributed by atoms with Crippen LogP contribution in [0.1, 0.15) is 17.2 Å². The van der Waals surface area contributed by atoms with E-state index in [1.165, 1.54) is 10.9 Å². The number of aromatic nitrogens is 2. The minimum Gasteiger partial charge on any atom is -0.389 e. The van der Waals surface area contributed by atoms with E-state index in [-0.39, 0.29) is 11.7 Å². The first-order chi connectivity index (χ1) is 9.58. The second-order valence-corrected chi connectivity index (χ2v) is 4.53. The van der Waals surface area contributed by atoms with E-state index in [9.17, 15) is 10.2 Å². The van der Waals surface area contributed by atoms with Gasteiger partial charge in [0.2, 0.25) is 0 Å². The number of nitriles is 1. The number of anilines is 1. The summed E-state index contributed by atoms with van der Waals surface area (Å²) < 4.78 is 1.42. The number of halogens is 1. The van der Waals surface area contributed by atoms with Gasteiger partial charge in [0.15, 0.2) is 0 Å². The molecule has 4 N–H and O–H groups in total. The van der Waals surface area contributed by atoms with E-state index in [1.54, 1.807) is 24.3 Å². The minimum absolute atomic E-state index is 0.0550. The molecular formula is C13H13ClN4O2. The predicted octanol–water partition coefficient (Wildman–Crippen LogP) is 0.959. The van der Waals surface area contributed by atoms with Gasteiger partial charge >= 0.3 is 0 Å². The Morgan fingerprint density at radius 3 is 2.50 bits per heavy atom. The zero-order valence-electron chi connectivity index (χ0n) is 10.4. The summed E-state index contributed by atoms with van der Waals surface area (Å²) in [6.45, 7) is 0. The minimum atomic E-state index is -1.05. The van der Waals surface area contributed by atoms with Crippen LogP contribution < -0.4 is 5.73 Å². The first-order valence-corrected chi connectivity index (χ1v) is 6.38. The van der Waals surface area contributed by atoms with Gasteiger partial charge in [0.1, 0.15) is 23.6 Å². The Labute approximate surface area is 120 Å². The van der Waals surface area contributed by atoms with Crippen LogP contribution in [0.2, 0.25) is 0 Å². The first-order valence-electron chi connectivity index (χ1n) is 5.84. The number of nitrogens with zero attached hydrogens (tertiary/aromatic N) is 3. The van der Waals surface area contributed by atoms with Crippen molar-refractivity contribution in [2.75, 3.05) is 11.6 Å². The Bertz CT molecular complexity index is 633. The van der Waals surface area contributed by atoms with Crippen molar-refractivity contribution < 1.29 is 10.2 Å². The van der Waals surface area contributed by atoms with Gasteiger partial charge in [-0.3, -0.25) is 0 Å². The van der Waals surface area contributed by atoms with Crippen LogP contribution in [0.5, 0.6) is 0 Å². The molecule has 1 aromatic heterocycles. The van der Waals surface area contributed by atoms with Crippen molar-refractivity contribution in [1.82, 2.24) is 9.78 Å². The molecule has 0 spiro atoms. The fraction of sp³-hybridized carbons (Fsp3) is 0.231. The van der Waals surface area contributed by atoms with Crippen LogP contribution in [0.3, 0.4) is 0 Å². The third-order valence-corrected chi connectivity index (χ3v) is 3.24. The lowest BCUT2D eigenvalue weighted by Crippen LogP contribution is -2.19. The number of hydrogen-bond acceptors (Lipinski definition) is 5. The van der Waals surface area contributed by atoms with E-state index in [1.807, 2.05) is 6.07 Å². The van der Waals surface area contributed by atoms with Crippen LogP contribution in [0.4, 0.5) is 5.82 Å². The molecule has 1 aromatic carbocycles. The molecule has 0 amide bonds. The smallest absolute Gasteiger partial charge is 0.145 e. The molecule has 0 bridgehead atoms. The highest BCUT2D eigenvalue weighted by Gasteiger charge is 2.17. The maximum Gasteiger partial charge on any atom is 0.145 e. The molecule has 7 heteroatoms. The summed E-state index contributed by atoms with van der Waals surface area (Å²) in [6, 6.07) is 8.59. The standard InChI is InChI=1S/C13H13ClN4O2/c14-5-11(19)12(20)8-1-3-10(4-2-8)18-13(16)9(6-15)7-17-18/h1-4,7,11-12,19-20H,5,16H2. The molecular weight excluding hydrogens is 280 g/mol. The Morgan fingerprint density at radius 1 is 1.35 bits per heavy atom. The fourth-order valence-corrected chi connectivity index (χ4v) is 1.94. The van der Waals surface area contributed by atoms with Crippen molar-refractivity contribution >= 4 is 17.4 Å². The molecule has 0 saturated heterocycles. The highest BCUT2D eigenvalue weighted by molar-refractivity contribution is 6.18. The summed E-state index contributed by atoms with van der Waals surface area (Å²) >= 11 is 5.49. The summed E-state index contributed by atoms with van der Waals surface area (Å²) in [5.41, 5.74) is 7.27. The first kappa shape index (κ1) is 14.3. The average Bonchev–Trinajstić information content (AvgIpc) is 2.86. The molecule has 2 aromatic rings. The zero-order chi connectivity index (χ0) is 14.7. The van der Waals surface area contributed by atoms with Crippen molar-refractivity contribution in [2.45, 2.75) is 12.2 Å². The summed E-state index contributed by atoms with van der Waals surface area (Å²) in [5, 5.41) is 32.2. The number of alkyl halides is 1. The lowest BCUT2D eigenvalue weighted by Gasteiger charge is -2.16. The SMILES string of the molecule is N#Cc1cnn(-c2ccc(C(O)C(O)CCl)cc2)c1N. The second-order valence-electron chi connectivity index (χ2n) is 4.23. The van der Waals surface area contributed by atoms with Crippen molar-refractivity contribution in [1.29, 1.82) is 5.26 Å². The van der Waals surface area contributed by atoms with Crippen LogP contribution in [0, 0.1) is 11.3 Å². The summed E-state index contributed by atoms with van der Waals surface area (Å²) in [7, 11) is 0. The molecule has 2 rings (SSSR count). The van der Waals surface area contributed by atoms with Gasteiger partial charge in [-0.15, -0.1) is 11.6 Å². The molecule has 2 atom stereocenters. The molecule has 6 nitrogen and oxygen atoms in total. The molecule has 0 radical (unpaired) electrons. The van der Waals surface area contributed by atoms with Crippen LogP contribution in [-0.2, 0) is 0 Å². The normalized spacial score (nSPS) is 13.7. The Morgan fingerprint density at radius 2 is 2.00 bits per heavy atom. The van der Waals surface area contributed by atoms with Gasteiger partial charge in [-0.05, 0) is 17.7 Å². The van der Waals surface area contributed by atoms with Crippen molar-refractivity contribution in [3.63, 3.8) is 0 Å². The largest absolute Gasteiger partial charge is 0.389 e. The third kappa shape index (κ3) is 2.60. The molecule has 1 heterocycles. The number of nitrogen functional groups attached to an aromatic ring is 1. The van der Waals surface area contributed by atoms with Gasteiger partial charge < -0.3 is 15.9 Å². The number of aliphatic hydroxyl groups excluding tert-OH is 2. The van der Waals surface area contributed by atoms with E-state index >= 15 is 0 Å². The van der Waals surface area contributed by atoms with Crippen LogP contribution in [0.25, 0.3) is 5.69 Å². The summed E-state index contributed by atoms with van der Waals surface area (Å²) in [6.07, 6.45) is -0.691. The quantitative estimate of drug-likeness (QED) is 0.727. The van der Waals surface area contributed by atoms with E-state index in [0.717, 1.165) is 0 Å². The van der Waals surface area contributed by atoms with Crippen molar-refractivity contribution in [2.24, 2.45) is 0 Å². The molecule has 0 saturated carbocycles. The lowest BCUT2D eigenvalue weighted by atomic mass is 10.1. The van der Waals surface area contributed by atoms with Gasteiger partial charge in [-0.25, -0.2) is 4.68 Å². The lowest BCUT2D eigenvalue weighted by molar-refractivity contribution is 0.0327. The summed E-state index contributed by atoms with van der Waals surface area (Å²) in [4.78, 5) is 0. The number of benzene rings is 1. The van der Waals surface area contributed by atoms with Gasteiger partial charge in [0.25, 0.3) is 0 Å². The van der Waals surface area contributed by atoms with Gasteiger partial charge in [-0.2, -0.15) is 10.4 Å². The van der Waals surface area contributed by atoms with E-state index in [2.05, 4.69) is 5.10 Å². The highest BCUT2D eigenvalue weighted by atomic mass is 35.5. The maximum atomic E-state index is 9.82. The Kier molecular flexibility index (Phi) is 4.25. The van der Waals surface area contributed by atoms with Gasteiger partial charge in [-0.1, -0.05) is 12.1 Å². The molecule has 0 aliphatic carbocycles. The van der Waals surface area contributed by atoms with E-state index < -0.39 is 12.2 Å². The number of hydrogen-bond donors (Lipinski definition) is 3. The molecule has 0 fully saturated rings. The Balaban J connectivity index is 2.28. The molecule has 0 aliphatic rings. The topological polar surface area (TPSA) is 108 Å². The summed E-state index contributed by atoms with van der Waals surface area (Å²) in [5.74, 6) is 0.196. The van der Waals surface area contributed by atoms with E-state index in [0.29, 0.717) is 16.8 Å². The number of aliphatic hydroxyl groups is 2. The predicted molar refractivity (Wildman–Crippen MR) is 74.4 cm³/mol. The molecule has 20 heavy (non-hydrogen) atoms. The number of nitrogens with two attached hydrogens (primary N) is 1. The fourth-order valence-electron chi connectivity index (χ4n) is 1.77. The third-order valence-electron chi connectivity index (χ3n) is 2.93. The highest BCUT2D eigenvalue weighted by Crippen LogP contribution is 2.21. The second kappa shape index (κ2) is 5.92. The zero-order valence-corrected chi connectivity index (χ0v) is 11.2.